The van der Waals surface area contributed by atoms with Crippen molar-refractivity contribution in [1.82, 2.24) is 4.90 Å². The first-order chi connectivity index (χ1) is 8.56. The summed E-state index contributed by atoms with van der Waals surface area (Å²) in [5, 5.41) is 0. The molecule has 0 saturated carbocycles. The fourth-order valence-corrected chi connectivity index (χ4v) is 2.45. The Morgan fingerprint density at radius 3 is 2.28 bits per heavy atom. The van der Waals surface area contributed by atoms with Crippen molar-refractivity contribution in [3.05, 3.63) is 29.3 Å². The van der Waals surface area contributed by atoms with Crippen LogP contribution < -0.4 is 4.74 Å². The Hall–Kier alpha value is -1.51. The number of carbonyl (C=O) groups is 1. The Bertz CT molecular complexity index is 416. The lowest BCUT2D eigenvalue weighted by molar-refractivity contribution is -0.136. The molecule has 1 atom stereocenters. The maximum absolute atomic E-state index is 12.1. The average Bonchev–Trinajstić information content (AvgIpc) is 2.79. The summed E-state index contributed by atoms with van der Waals surface area (Å²) in [5.41, 5.74) is 2.32. The van der Waals surface area contributed by atoms with E-state index in [-0.39, 0.29) is 5.91 Å². The highest BCUT2D eigenvalue weighted by atomic mass is 16.5. The molecule has 2 rings (SSSR count). The fraction of sp³-hybridized carbons (Fsp3) is 0.533. The fourth-order valence-electron chi connectivity index (χ4n) is 2.45. The third kappa shape index (κ3) is 3.03. The van der Waals surface area contributed by atoms with E-state index in [2.05, 4.69) is 6.07 Å². The lowest BCUT2D eigenvalue weighted by Crippen LogP contribution is -2.38. The zero-order valence-electron chi connectivity index (χ0n) is 11.4. The van der Waals surface area contributed by atoms with Crippen molar-refractivity contribution in [1.29, 1.82) is 0 Å². The van der Waals surface area contributed by atoms with Gasteiger partial charge in [-0.25, -0.2) is 0 Å². The molecule has 3 heteroatoms. The molecule has 0 aromatic heterocycles. The number of aryl methyl sites for hydroxylation is 2. The van der Waals surface area contributed by atoms with Crippen molar-refractivity contribution < 1.29 is 9.53 Å². The van der Waals surface area contributed by atoms with Gasteiger partial charge in [-0.2, -0.15) is 0 Å². The van der Waals surface area contributed by atoms with Crippen LogP contribution in [0.5, 0.6) is 5.75 Å². The molecule has 0 radical (unpaired) electrons. The first kappa shape index (κ1) is 12.9. The summed E-state index contributed by atoms with van der Waals surface area (Å²) in [6, 6.07) is 6.04. The second-order valence-electron chi connectivity index (χ2n) is 5.12. The quantitative estimate of drug-likeness (QED) is 0.822. The van der Waals surface area contributed by atoms with Gasteiger partial charge in [0.05, 0.1) is 0 Å². The van der Waals surface area contributed by atoms with Gasteiger partial charge < -0.3 is 9.64 Å². The highest BCUT2D eigenvalue weighted by Gasteiger charge is 2.24. The van der Waals surface area contributed by atoms with Gasteiger partial charge in [0.25, 0.3) is 5.91 Å². The van der Waals surface area contributed by atoms with E-state index >= 15 is 0 Å². The molecule has 1 unspecified atom stereocenters. The maximum Gasteiger partial charge on any atom is 0.263 e. The Morgan fingerprint density at radius 1 is 1.17 bits per heavy atom. The highest BCUT2D eigenvalue weighted by molar-refractivity contribution is 5.81. The topological polar surface area (TPSA) is 29.5 Å². The zero-order valence-corrected chi connectivity index (χ0v) is 11.4. The minimum Gasteiger partial charge on any atom is -0.481 e. The molecule has 1 amide bonds. The Labute approximate surface area is 109 Å². The molecule has 1 aliphatic rings. The number of carbonyl (C=O) groups excluding carboxylic acids is 1. The van der Waals surface area contributed by atoms with E-state index in [0.717, 1.165) is 42.8 Å². The van der Waals surface area contributed by atoms with E-state index in [1.54, 1.807) is 0 Å². The summed E-state index contributed by atoms with van der Waals surface area (Å²) in [4.78, 5) is 14.0. The Morgan fingerprint density at radius 2 is 1.72 bits per heavy atom. The van der Waals surface area contributed by atoms with Crippen molar-refractivity contribution in [2.75, 3.05) is 13.1 Å². The summed E-state index contributed by atoms with van der Waals surface area (Å²) in [7, 11) is 0. The predicted octanol–water partition coefficient (Wildman–Crippen LogP) is 2.69. The van der Waals surface area contributed by atoms with E-state index in [4.69, 9.17) is 4.74 Å². The number of ether oxygens (including phenoxy) is 1. The molecule has 98 valence electrons. The van der Waals surface area contributed by atoms with E-state index in [0.29, 0.717) is 0 Å². The number of rotatable bonds is 3. The molecule has 18 heavy (non-hydrogen) atoms. The molecule has 0 bridgehead atoms. The monoisotopic (exact) mass is 247 g/mol. The number of amides is 1. The largest absolute Gasteiger partial charge is 0.481 e. The zero-order chi connectivity index (χ0) is 13.1. The molecule has 1 aromatic rings. The van der Waals surface area contributed by atoms with Crippen LogP contribution in [0.15, 0.2) is 18.2 Å². The van der Waals surface area contributed by atoms with Crippen LogP contribution in [0.3, 0.4) is 0 Å². The van der Waals surface area contributed by atoms with E-state index < -0.39 is 6.10 Å². The van der Waals surface area contributed by atoms with Gasteiger partial charge >= 0.3 is 0 Å². The normalized spacial score (nSPS) is 16.7. The molecular weight excluding hydrogens is 226 g/mol. The van der Waals surface area contributed by atoms with Crippen LogP contribution in [0, 0.1) is 13.8 Å². The van der Waals surface area contributed by atoms with Crippen molar-refractivity contribution >= 4 is 5.91 Å². The second kappa shape index (κ2) is 5.42. The SMILES string of the molecule is Cc1cc(C)cc(OC(C)C(=O)N2CCCC2)c1. The molecule has 0 spiro atoms. The summed E-state index contributed by atoms with van der Waals surface area (Å²) in [6.07, 6.45) is 1.83. The molecule has 1 heterocycles. The van der Waals surface area contributed by atoms with Gasteiger partial charge in [0, 0.05) is 13.1 Å². The van der Waals surface area contributed by atoms with E-state index in [9.17, 15) is 4.79 Å². The van der Waals surface area contributed by atoms with Gasteiger partial charge in [-0.1, -0.05) is 6.07 Å². The standard InChI is InChI=1S/C15H21NO2/c1-11-8-12(2)10-14(9-11)18-13(3)15(17)16-6-4-5-7-16/h8-10,13H,4-7H2,1-3H3. The van der Waals surface area contributed by atoms with Crippen molar-refractivity contribution in [3.63, 3.8) is 0 Å². The van der Waals surface area contributed by atoms with Gasteiger partial charge in [0.1, 0.15) is 5.75 Å². The molecule has 1 aliphatic heterocycles. The summed E-state index contributed by atoms with van der Waals surface area (Å²) in [6.45, 7) is 7.65. The van der Waals surface area contributed by atoms with Gasteiger partial charge in [-0.15, -0.1) is 0 Å². The smallest absolute Gasteiger partial charge is 0.263 e. The number of benzene rings is 1. The minimum absolute atomic E-state index is 0.103. The third-order valence-electron chi connectivity index (χ3n) is 3.27. The van der Waals surface area contributed by atoms with Crippen LogP contribution in [0.1, 0.15) is 30.9 Å². The average molecular weight is 247 g/mol. The van der Waals surface area contributed by atoms with Crippen molar-refractivity contribution in [3.8, 4) is 5.75 Å². The molecular formula is C15H21NO2. The molecule has 0 N–H and O–H groups in total. The van der Waals surface area contributed by atoms with Crippen LogP contribution in [0.4, 0.5) is 0 Å². The summed E-state index contributed by atoms with van der Waals surface area (Å²) >= 11 is 0. The predicted molar refractivity (Wildman–Crippen MR) is 71.8 cm³/mol. The molecule has 0 aliphatic carbocycles. The maximum atomic E-state index is 12.1. The molecule has 1 saturated heterocycles. The van der Waals surface area contributed by atoms with E-state index in [1.165, 1.54) is 0 Å². The van der Waals surface area contributed by atoms with Crippen LogP contribution in [-0.2, 0) is 4.79 Å². The number of hydrogen-bond donors (Lipinski definition) is 0. The van der Waals surface area contributed by atoms with Gasteiger partial charge in [0.15, 0.2) is 6.10 Å². The lowest BCUT2D eigenvalue weighted by atomic mass is 10.1. The number of likely N-dealkylation sites (tertiary alicyclic amines) is 1. The van der Waals surface area contributed by atoms with Gasteiger partial charge in [0.2, 0.25) is 0 Å². The highest BCUT2D eigenvalue weighted by Crippen LogP contribution is 2.19. The Kier molecular flexibility index (Phi) is 3.90. The lowest BCUT2D eigenvalue weighted by Gasteiger charge is -2.21. The number of nitrogens with zero attached hydrogens (tertiary/aromatic N) is 1. The van der Waals surface area contributed by atoms with Crippen LogP contribution in [0.25, 0.3) is 0 Å². The Balaban J connectivity index is 2.01. The first-order valence-corrected chi connectivity index (χ1v) is 6.60. The van der Waals surface area contributed by atoms with Crippen LogP contribution in [-0.4, -0.2) is 30.0 Å². The third-order valence-corrected chi connectivity index (χ3v) is 3.27. The summed E-state index contributed by atoms with van der Waals surface area (Å²) in [5.74, 6) is 0.888. The van der Waals surface area contributed by atoms with Gasteiger partial charge in [-0.3, -0.25) is 4.79 Å². The molecule has 3 nitrogen and oxygen atoms in total. The first-order valence-electron chi connectivity index (χ1n) is 6.60. The molecule has 1 fully saturated rings. The van der Waals surface area contributed by atoms with Gasteiger partial charge in [-0.05, 0) is 56.9 Å². The summed E-state index contributed by atoms with van der Waals surface area (Å²) < 4.78 is 5.76. The second-order valence-corrected chi connectivity index (χ2v) is 5.12. The van der Waals surface area contributed by atoms with Crippen LogP contribution in [0.2, 0.25) is 0 Å². The van der Waals surface area contributed by atoms with Crippen molar-refractivity contribution in [2.45, 2.75) is 39.7 Å². The van der Waals surface area contributed by atoms with E-state index in [1.807, 2.05) is 37.8 Å². The number of hydrogen-bond acceptors (Lipinski definition) is 2. The van der Waals surface area contributed by atoms with Crippen LogP contribution >= 0.6 is 0 Å². The molecule has 1 aromatic carbocycles. The van der Waals surface area contributed by atoms with Crippen molar-refractivity contribution in [2.24, 2.45) is 0 Å². The minimum atomic E-state index is -0.399.